The third-order valence-electron chi connectivity index (χ3n) is 21.4. The fourth-order valence-corrected chi connectivity index (χ4v) is 15.3. The molecule has 8 aromatic carbocycles. The summed E-state index contributed by atoms with van der Waals surface area (Å²) in [6.45, 7) is 66.4. The normalized spacial score (nSPS) is 14.0. The maximum absolute atomic E-state index is 9.07. The number of hydrogen-bond acceptors (Lipinski definition) is 4. The smallest absolute Gasteiger partial charge is 0.216 e. The third-order valence-corrected chi connectivity index (χ3v) is 21.4. The fourth-order valence-electron chi connectivity index (χ4n) is 15.3. The number of aromatic nitrogens is 4. The van der Waals surface area contributed by atoms with Gasteiger partial charge >= 0.3 is 0 Å². The van der Waals surface area contributed by atoms with Crippen LogP contribution >= 0.6 is 0 Å². The highest BCUT2D eigenvalue weighted by atomic mass is 16.3. The monoisotopic (exact) mass is 1550 g/mol. The van der Waals surface area contributed by atoms with Crippen LogP contribution in [0.4, 0.5) is 22.7 Å². The Hall–Kier alpha value is -12.5. The molecule has 16 aromatic rings. The number of nitrogens with zero attached hydrogens (tertiary/aromatic N) is 8. The molecule has 584 valence electrons. The van der Waals surface area contributed by atoms with Gasteiger partial charge in [0.1, 0.15) is 72.9 Å². The lowest BCUT2D eigenvalue weighted by Crippen LogP contribution is -2.35. The molecule has 116 heavy (non-hydrogen) atoms. The Morgan fingerprint density at radius 2 is 0.672 bits per heavy atom. The van der Waals surface area contributed by atoms with Crippen LogP contribution in [0.15, 0.2) is 163 Å². The van der Waals surface area contributed by atoms with Gasteiger partial charge in [-0.2, -0.15) is 18.3 Å². The van der Waals surface area contributed by atoms with Crippen molar-refractivity contribution >= 4 is 111 Å². The Balaban J connectivity index is 0.000000150. The molecule has 12 nitrogen and oxygen atoms in total. The van der Waals surface area contributed by atoms with Crippen molar-refractivity contribution in [1.29, 1.82) is 0 Å². The van der Waals surface area contributed by atoms with Gasteiger partial charge in [-0.05, 0) is 190 Å². The summed E-state index contributed by atoms with van der Waals surface area (Å²) in [6, 6.07) is 30.5. The molecule has 0 atom stereocenters. The molecule has 8 heterocycles. The van der Waals surface area contributed by atoms with Crippen LogP contribution in [0.1, 0.15) is 167 Å². The second kappa shape index (κ2) is 32.8. The Kier molecular flexibility index (Phi) is 17.8. The predicted octanol–water partition coefficient (Wildman–Crippen LogP) is 27.0. The Morgan fingerprint density at radius 3 is 1.12 bits per heavy atom. The summed E-state index contributed by atoms with van der Waals surface area (Å²) in [4.78, 5) is 14.2. The zero-order valence-corrected chi connectivity index (χ0v) is 70.8. The zero-order chi connectivity index (χ0) is 97.6. The average molecular weight is 1550 g/mol. The molecule has 8 aromatic heterocycles. The highest BCUT2D eigenvalue weighted by molar-refractivity contribution is 6.15. The van der Waals surface area contributed by atoms with Crippen LogP contribution in [0.5, 0.6) is 0 Å². The number of furan rings is 4. The van der Waals surface area contributed by atoms with E-state index in [2.05, 4.69) is 25.4 Å². The van der Waals surface area contributed by atoms with Gasteiger partial charge in [-0.1, -0.05) is 134 Å². The van der Waals surface area contributed by atoms with Crippen molar-refractivity contribution in [3.05, 3.63) is 281 Å². The molecule has 0 saturated heterocycles. The van der Waals surface area contributed by atoms with Gasteiger partial charge in [0, 0.05) is 130 Å². The summed E-state index contributed by atoms with van der Waals surface area (Å²) in [5, 5.41) is 7.20. The first-order valence-corrected chi connectivity index (χ1v) is 39.0. The van der Waals surface area contributed by atoms with Crippen molar-refractivity contribution < 1.29 is 57.9 Å². The highest BCUT2D eigenvalue weighted by Gasteiger charge is 2.30. The summed E-state index contributed by atoms with van der Waals surface area (Å²) in [6.07, 6.45) is -7.34. The van der Waals surface area contributed by atoms with E-state index in [-0.39, 0.29) is 70.6 Å². The Bertz CT molecular complexity index is 7660. The van der Waals surface area contributed by atoms with Crippen molar-refractivity contribution in [1.82, 2.24) is 0 Å². The number of hydrogen-bond donors (Lipinski definition) is 0. The van der Waals surface area contributed by atoms with Crippen molar-refractivity contribution in [3.8, 4) is 45.0 Å². The first-order chi connectivity index (χ1) is 61.7. The first-order valence-electron chi connectivity index (χ1n) is 47.0. The van der Waals surface area contributed by atoms with E-state index >= 15 is 0 Å². The molecule has 0 aliphatic heterocycles. The molecule has 16 rings (SSSR count). The molecule has 0 saturated carbocycles. The molecule has 0 amide bonds. The van der Waals surface area contributed by atoms with Crippen LogP contribution in [0.3, 0.4) is 0 Å². The van der Waals surface area contributed by atoms with E-state index in [9.17, 15) is 0 Å². The zero-order valence-electron chi connectivity index (χ0n) is 86.8. The molecule has 12 heteroatoms. The standard InChI is InChI=1S/4C26H27N2O/c1-15(2)10-19-12-18(5)28(7)22(13-19)25-17(4)11-16(3)24-21-9-8-20(27-6)14-23(21)29-26(24)25;1-15(2)10-19-12-18(5)28(7)22(13-19)25-16(3)8-9-21-24-17(4)11-20(27-6)14-23(24)29-26(21)25;1-15(2)10-19-12-18(5)28(7)23(13-19)25-16(3)8-9-20-21-11-17(4)22(27-6)14-24(21)29-26(20)25;1-15(2)12-19-13-17(4)28(7)23(14-19)24-16(3)8-9-21-20-10-11-22(27-6)18(5)25(20)29-26(21)24/h3*8-9,11-15H,10H2,1-5,7H3;8-11,13-15H,12H2,1-5,7H3/q4*+1/i3*10D2,12D,13D;12D2,13D,14D. The SMILES string of the molecule is [2H]c1c(C([2H])([2H])C(C)C)c([2H])c(-c2c(C)cc(C)c3c2oc2cc([N+]#[C-])ccc23)[n+](C)c1C.[2H]c1c(C([2H])([2H])C(C)C)c([2H])c(-c2c(C)ccc3c2oc2c(C)c([N+]#[C-])ccc23)[n+](C)c1C.[2H]c1c(C([2H])([2H])C(C)C)c([2H])c(-c2c(C)ccc3c2oc2cc([N+]#[C-])c(C)cc23)[n+](C)c1C.[2H]c1c(C([2H])([2H])C(C)C)c([2H])c(-c2c(C)ccc3c2oc2cc([N+]#[C-])cc(C)c23)[n+](C)c1C. The summed E-state index contributed by atoms with van der Waals surface area (Å²) >= 11 is 0. The van der Waals surface area contributed by atoms with Gasteiger partial charge in [-0.3, -0.25) is 0 Å². The van der Waals surface area contributed by atoms with Crippen LogP contribution in [0.2, 0.25) is 0 Å². The fraction of sp³-hybridized carbons (Fsp3) is 0.308. The second-order valence-electron chi connectivity index (χ2n) is 31.6. The van der Waals surface area contributed by atoms with Crippen LogP contribution < -0.4 is 18.3 Å². The van der Waals surface area contributed by atoms with Gasteiger partial charge in [0.05, 0.1) is 59.5 Å². The summed E-state index contributed by atoms with van der Waals surface area (Å²) in [7, 11) is 7.22. The Morgan fingerprint density at radius 1 is 0.310 bits per heavy atom. The quantitative estimate of drug-likeness (QED) is 0.0901. The lowest BCUT2D eigenvalue weighted by atomic mass is 9.94. The second-order valence-corrected chi connectivity index (χ2v) is 31.6. The van der Waals surface area contributed by atoms with Crippen molar-refractivity contribution in [2.45, 2.75) is 164 Å². The lowest BCUT2D eigenvalue weighted by Gasteiger charge is -2.12. The largest absolute Gasteiger partial charge is 0.456 e. The molecule has 0 fully saturated rings. The Labute approximate surface area is 706 Å². The molecule has 0 aliphatic rings. The van der Waals surface area contributed by atoms with Gasteiger partial charge in [-0.25, -0.2) is 19.4 Å². The van der Waals surface area contributed by atoms with Crippen molar-refractivity contribution in [2.24, 2.45) is 51.9 Å². The van der Waals surface area contributed by atoms with Gasteiger partial charge < -0.3 is 17.7 Å². The van der Waals surface area contributed by atoms with Gasteiger partial charge in [-0.15, -0.1) is 0 Å². The van der Waals surface area contributed by atoms with Crippen LogP contribution in [0.25, 0.3) is 152 Å². The molecular weight excluding hydrogens is 1430 g/mol. The minimum absolute atomic E-state index is 0.000818. The topological polar surface area (TPSA) is 85.5 Å². The summed E-state index contributed by atoms with van der Waals surface area (Å²) in [5.41, 5.74) is 21.8. The molecule has 0 aliphatic carbocycles. The van der Waals surface area contributed by atoms with E-state index in [0.29, 0.717) is 135 Å². The molecule has 0 N–H and O–H groups in total. The van der Waals surface area contributed by atoms with Crippen LogP contribution in [-0.2, 0) is 53.7 Å². The summed E-state index contributed by atoms with van der Waals surface area (Å²) in [5.74, 6) is -1.60. The number of rotatable bonds is 12. The first kappa shape index (κ1) is 62.9. The molecule has 0 unspecified atom stereocenters. The number of fused-ring (bicyclic) bond motifs is 12. The highest BCUT2D eigenvalue weighted by Crippen LogP contribution is 2.46. The minimum Gasteiger partial charge on any atom is -0.456 e. The van der Waals surface area contributed by atoms with E-state index in [1.807, 2.05) is 116 Å². The van der Waals surface area contributed by atoms with Crippen LogP contribution in [-0.4, -0.2) is 0 Å². The van der Waals surface area contributed by atoms with Gasteiger partial charge in [0.15, 0.2) is 45.5 Å². The predicted molar refractivity (Wildman–Crippen MR) is 477 cm³/mol. The van der Waals surface area contributed by atoms with E-state index < -0.39 is 49.2 Å². The molecule has 0 bridgehead atoms. The maximum Gasteiger partial charge on any atom is 0.216 e. The van der Waals surface area contributed by atoms with E-state index in [0.717, 1.165) is 87.6 Å². The number of pyridine rings is 4. The summed E-state index contributed by atoms with van der Waals surface area (Å²) < 4.78 is 173. The van der Waals surface area contributed by atoms with Crippen molar-refractivity contribution in [3.63, 3.8) is 0 Å². The molecule has 0 radical (unpaired) electrons. The maximum atomic E-state index is 9.07. The molecular formula is C104H108N8O4+4. The minimum atomic E-state index is -1.84. The van der Waals surface area contributed by atoms with Gasteiger partial charge in [0.25, 0.3) is 0 Å². The average Bonchev–Trinajstić information content (AvgIpc) is 1.48. The third kappa shape index (κ3) is 15.6. The van der Waals surface area contributed by atoms with Gasteiger partial charge in [0.2, 0.25) is 22.8 Å². The van der Waals surface area contributed by atoms with Crippen molar-refractivity contribution in [2.75, 3.05) is 0 Å². The van der Waals surface area contributed by atoms with E-state index in [4.69, 9.17) is 65.9 Å². The van der Waals surface area contributed by atoms with Crippen LogP contribution in [0, 0.1) is 133 Å². The molecule has 0 spiro atoms. The van der Waals surface area contributed by atoms with E-state index in [1.54, 1.807) is 160 Å². The lowest BCUT2D eigenvalue weighted by molar-refractivity contribution is -0.666. The number of aryl methyl sites for hydroxylation is 8. The number of benzene rings is 8. The van der Waals surface area contributed by atoms with E-state index in [1.165, 1.54) is 0 Å².